The van der Waals surface area contributed by atoms with Gasteiger partial charge in [-0.3, -0.25) is 0 Å². The van der Waals surface area contributed by atoms with Crippen LogP contribution in [0.25, 0.3) is 0 Å². The van der Waals surface area contributed by atoms with E-state index in [9.17, 15) is 9.90 Å². The fraction of sp³-hybridized carbons (Fsp3) is 0.333. The molecular weight excluding hydrogens is 274 g/mol. The lowest BCUT2D eigenvalue weighted by Crippen LogP contribution is -2.17. The summed E-state index contributed by atoms with van der Waals surface area (Å²) in [6.07, 6.45) is 2.16. The Morgan fingerprint density at radius 1 is 1.48 bits per heavy atom. The van der Waals surface area contributed by atoms with Crippen molar-refractivity contribution in [1.82, 2.24) is 0 Å². The summed E-state index contributed by atoms with van der Waals surface area (Å²) in [6.45, 7) is 5.00. The molecule has 0 unspecified atom stereocenters. The highest BCUT2D eigenvalue weighted by Gasteiger charge is 2.19. The molecule has 0 aromatic heterocycles. The summed E-state index contributed by atoms with van der Waals surface area (Å²) >= 11 is 0. The van der Waals surface area contributed by atoms with Crippen LogP contribution in [-0.2, 0) is 14.4 Å². The quantitative estimate of drug-likeness (QED) is 0.471. The summed E-state index contributed by atoms with van der Waals surface area (Å²) in [5.41, 5.74) is 0.310. The van der Waals surface area contributed by atoms with Crippen LogP contribution in [0.1, 0.15) is 12.0 Å². The lowest BCUT2D eigenvalue weighted by atomic mass is 10.1. The lowest BCUT2D eigenvalue weighted by Gasteiger charge is -2.08. The number of nitrogens with zero attached hydrogens (tertiary/aromatic N) is 1. The third-order valence-electron chi connectivity index (χ3n) is 2.88. The number of carboxylic acids is 1. The molecule has 1 aromatic carbocycles. The fourth-order valence-corrected chi connectivity index (χ4v) is 1.80. The van der Waals surface area contributed by atoms with E-state index in [2.05, 4.69) is 11.7 Å². The Balaban J connectivity index is 2.07. The first-order valence-electron chi connectivity index (χ1n) is 6.59. The largest absolute Gasteiger partial charge is 0.490 e. The van der Waals surface area contributed by atoms with Crippen LogP contribution >= 0.6 is 0 Å². The van der Waals surface area contributed by atoms with Crippen LogP contribution < -0.4 is 4.74 Å². The lowest BCUT2D eigenvalue weighted by molar-refractivity contribution is -0.129. The van der Waals surface area contributed by atoms with Gasteiger partial charge in [-0.15, -0.1) is 0 Å². The van der Waals surface area contributed by atoms with Crippen molar-refractivity contribution in [2.24, 2.45) is 5.16 Å². The minimum absolute atomic E-state index is 0.142. The van der Waals surface area contributed by atoms with Crippen molar-refractivity contribution < 1.29 is 24.2 Å². The van der Waals surface area contributed by atoms with Crippen molar-refractivity contribution >= 4 is 11.7 Å². The molecule has 1 N–H and O–H groups in total. The van der Waals surface area contributed by atoms with Crippen LogP contribution in [0.15, 0.2) is 42.1 Å². The predicted molar refractivity (Wildman–Crippen MR) is 76.6 cm³/mol. The van der Waals surface area contributed by atoms with Crippen molar-refractivity contribution in [2.45, 2.75) is 12.5 Å². The topological polar surface area (TPSA) is 77.3 Å². The normalized spacial score (nSPS) is 18.3. The van der Waals surface area contributed by atoms with Gasteiger partial charge in [-0.25, -0.2) is 4.79 Å². The minimum Gasteiger partial charge on any atom is -0.490 e. The second-order valence-electron chi connectivity index (χ2n) is 4.46. The van der Waals surface area contributed by atoms with E-state index in [1.54, 1.807) is 30.3 Å². The van der Waals surface area contributed by atoms with E-state index in [1.165, 1.54) is 0 Å². The first-order valence-corrected chi connectivity index (χ1v) is 6.59. The van der Waals surface area contributed by atoms with Gasteiger partial charge in [0.2, 0.25) is 0 Å². The number of hydrogen-bond donors (Lipinski definition) is 1. The SMILES string of the molecule is C=CCOc1ccc(C(=NO[C@@H]2CCOC2)C(=O)O)cc1. The molecule has 6 nitrogen and oxygen atoms in total. The summed E-state index contributed by atoms with van der Waals surface area (Å²) in [5.74, 6) is -0.512. The molecule has 6 heteroatoms. The number of aliphatic carboxylic acids is 1. The molecule has 1 fully saturated rings. The van der Waals surface area contributed by atoms with E-state index in [1.807, 2.05) is 0 Å². The smallest absolute Gasteiger partial charge is 0.358 e. The first kappa shape index (κ1) is 15.1. The van der Waals surface area contributed by atoms with Gasteiger partial charge >= 0.3 is 5.97 Å². The van der Waals surface area contributed by atoms with Gasteiger partial charge in [0, 0.05) is 12.0 Å². The number of benzene rings is 1. The Bertz CT molecular complexity index is 517. The first-order chi connectivity index (χ1) is 10.2. The Hall–Kier alpha value is -2.34. The summed E-state index contributed by atoms with van der Waals surface area (Å²) in [5, 5.41) is 13.0. The number of carbonyl (C=O) groups is 1. The fourth-order valence-electron chi connectivity index (χ4n) is 1.80. The zero-order valence-corrected chi connectivity index (χ0v) is 11.5. The summed E-state index contributed by atoms with van der Waals surface area (Å²) in [4.78, 5) is 16.5. The number of ether oxygens (including phenoxy) is 2. The second-order valence-corrected chi connectivity index (χ2v) is 4.46. The molecule has 0 saturated carbocycles. The van der Waals surface area contributed by atoms with Crippen molar-refractivity contribution in [3.8, 4) is 5.75 Å². The zero-order chi connectivity index (χ0) is 15.1. The predicted octanol–water partition coefficient (Wildman–Crippen LogP) is 1.85. The number of carboxylic acid groups (broad SMARTS) is 1. The summed E-state index contributed by atoms with van der Waals surface area (Å²) < 4.78 is 10.5. The molecule has 0 bridgehead atoms. The number of hydrogen-bond acceptors (Lipinski definition) is 5. The molecule has 1 atom stereocenters. The standard InChI is InChI=1S/C15H17NO5/c1-2-8-20-12-5-3-11(4-6-12)14(15(17)18)16-21-13-7-9-19-10-13/h2-6,13H,1,7-10H2,(H,17,18)/t13-/m1/s1. The van der Waals surface area contributed by atoms with E-state index >= 15 is 0 Å². The van der Waals surface area contributed by atoms with Gasteiger partial charge in [-0.2, -0.15) is 0 Å². The molecule has 21 heavy (non-hydrogen) atoms. The molecule has 0 aliphatic carbocycles. The van der Waals surface area contributed by atoms with Crippen LogP contribution in [0.3, 0.4) is 0 Å². The monoisotopic (exact) mass is 291 g/mol. The maximum Gasteiger partial charge on any atom is 0.358 e. The van der Waals surface area contributed by atoms with E-state index in [0.29, 0.717) is 37.6 Å². The van der Waals surface area contributed by atoms with Crippen molar-refractivity contribution in [3.63, 3.8) is 0 Å². The van der Waals surface area contributed by atoms with E-state index in [-0.39, 0.29) is 11.8 Å². The van der Waals surface area contributed by atoms with Crippen molar-refractivity contribution in [2.75, 3.05) is 19.8 Å². The maximum absolute atomic E-state index is 11.3. The second kappa shape index (κ2) is 7.44. The Morgan fingerprint density at radius 3 is 2.81 bits per heavy atom. The highest BCUT2D eigenvalue weighted by molar-refractivity contribution is 6.42. The molecule has 0 amide bonds. The third kappa shape index (κ3) is 4.32. The van der Waals surface area contributed by atoms with E-state index in [4.69, 9.17) is 14.3 Å². The van der Waals surface area contributed by atoms with Crippen LogP contribution in [0, 0.1) is 0 Å². The van der Waals surface area contributed by atoms with Crippen LogP contribution in [0.2, 0.25) is 0 Å². The minimum atomic E-state index is -1.14. The Morgan fingerprint density at radius 2 is 2.24 bits per heavy atom. The molecule has 1 saturated heterocycles. The van der Waals surface area contributed by atoms with E-state index < -0.39 is 5.97 Å². The summed E-state index contributed by atoms with van der Waals surface area (Å²) in [6, 6.07) is 6.60. The van der Waals surface area contributed by atoms with Gasteiger partial charge in [0.25, 0.3) is 0 Å². The maximum atomic E-state index is 11.3. The van der Waals surface area contributed by atoms with Gasteiger partial charge in [0.05, 0.1) is 13.2 Å². The molecule has 1 heterocycles. The molecule has 1 aromatic rings. The van der Waals surface area contributed by atoms with Crippen molar-refractivity contribution in [1.29, 1.82) is 0 Å². The highest BCUT2D eigenvalue weighted by atomic mass is 16.7. The van der Waals surface area contributed by atoms with Gasteiger partial charge in [-0.1, -0.05) is 17.8 Å². The molecule has 1 aliphatic rings. The number of oxime groups is 1. The van der Waals surface area contributed by atoms with Gasteiger partial charge in [-0.05, 0) is 24.3 Å². The zero-order valence-electron chi connectivity index (χ0n) is 11.5. The molecule has 2 rings (SSSR count). The summed E-state index contributed by atoms with van der Waals surface area (Å²) in [7, 11) is 0. The van der Waals surface area contributed by atoms with Crippen LogP contribution in [-0.4, -0.2) is 42.7 Å². The van der Waals surface area contributed by atoms with Gasteiger partial charge in [0.1, 0.15) is 12.4 Å². The highest BCUT2D eigenvalue weighted by Crippen LogP contribution is 2.14. The molecule has 1 aliphatic heterocycles. The van der Waals surface area contributed by atoms with Crippen molar-refractivity contribution in [3.05, 3.63) is 42.5 Å². The van der Waals surface area contributed by atoms with Gasteiger partial charge < -0.3 is 19.4 Å². The Labute approximate surface area is 122 Å². The van der Waals surface area contributed by atoms with Gasteiger partial charge in [0.15, 0.2) is 11.8 Å². The average Bonchev–Trinajstić information content (AvgIpc) is 2.99. The molecular formula is C15H17NO5. The van der Waals surface area contributed by atoms with E-state index in [0.717, 1.165) is 0 Å². The molecule has 0 spiro atoms. The Kier molecular flexibility index (Phi) is 5.34. The third-order valence-corrected chi connectivity index (χ3v) is 2.88. The van der Waals surface area contributed by atoms with Crippen LogP contribution in [0.5, 0.6) is 5.75 Å². The molecule has 112 valence electrons. The average molecular weight is 291 g/mol. The number of rotatable bonds is 7. The van der Waals surface area contributed by atoms with Crippen LogP contribution in [0.4, 0.5) is 0 Å². The molecule has 0 radical (unpaired) electrons.